The molecule has 2 heterocycles. The van der Waals surface area contributed by atoms with Crippen LogP contribution in [0.5, 0.6) is 0 Å². The molecule has 4 heteroatoms. The zero-order valence-corrected chi connectivity index (χ0v) is 12.2. The number of nitrogens with one attached hydrogen (secondary N) is 1. The van der Waals surface area contributed by atoms with E-state index in [9.17, 15) is 0 Å². The molecule has 0 radical (unpaired) electrons. The van der Waals surface area contributed by atoms with Crippen molar-refractivity contribution in [3.8, 4) is 0 Å². The zero-order valence-electron chi connectivity index (χ0n) is 11.4. The number of aryl methyl sites for hydroxylation is 2. The summed E-state index contributed by atoms with van der Waals surface area (Å²) in [4.78, 5) is 7.09. The number of thiazole rings is 1. The van der Waals surface area contributed by atoms with Gasteiger partial charge in [-0.1, -0.05) is 12.8 Å². The molecule has 98 valence electrons. The quantitative estimate of drug-likeness (QED) is 0.919. The predicted octanol–water partition coefficient (Wildman–Crippen LogP) is 3.43. The van der Waals surface area contributed by atoms with Crippen LogP contribution in [0.2, 0.25) is 0 Å². The Morgan fingerprint density at radius 2 is 2.11 bits per heavy atom. The number of hydrogen-bond donors (Lipinski definition) is 1. The van der Waals surface area contributed by atoms with Crippen LogP contribution < -0.4 is 5.32 Å². The van der Waals surface area contributed by atoms with Crippen LogP contribution in [-0.2, 0) is 6.54 Å². The fraction of sp³-hybridized carbons (Fsp3) is 0.643. The summed E-state index contributed by atoms with van der Waals surface area (Å²) in [6, 6.07) is 0. The van der Waals surface area contributed by atoms with Crippen LogP contribution in [0.3, 0.4) is 0 Å². The van der Waals surface area contributed by atoms with Gasteiger partial charge in [-0.25, -0.2) is 4.98 Å². The monoisotopic (exact) mass is 263 g/mol. The van der Waals surface area contributed by atoms with Gasteiger partial charge in [0.1, 0.15) is 0 Å². The first-order valence-electron chi connectivity index (χ1n) is 6.76. The largest absolute Gasteiger partial charge is 0.306 e. The Balaban J connectivity index is 1.83. The van der Waals surface area contributed by atoms with Crippen molar-refractivity contribution in [2.75, 3.05) is 0 Å². The predicted molar refractivity (Wildman–Crippen MR) is 76.3 cm³/mol. The summed E-state index contributed by atoms with van der Waals surface area (Å²) in [5.41, 5.74) is 2.82. The van der Waals surface area contributed by atoms with Crippen molar-refractivity contribution in [1.82, 2.24) is 14.7 Å². The van der Waals surface area contributed by atoms with E-state index in [0.717, 1.165) is 17.2 Å². The average Bonchev–Trinajstić information content (AvgIpc) is 2.93. The normalized spacial score (nSPS) is 18.8. The van der Waals surface area contributed by atoms with Crippen LogP contribution in [0.25, 0.3) is 4.96 Å². The highest BCUT2D eigenvalue weighted by Crippen LogP contribution is 2.29. The van der Waals surface area contributed by atoms with Crippen LogP contribution in [0.15, 0.2) is 6.20 Å². The minimum atomic E-state index is 0.335. The number of fused-ring (bicyclic) bond motifs is 1. The molecule has 3 nitrogen and oxygen atoms in total. The first-order valence-corrected chi connectivity index (χ1v) is 7.58. The van der Waals surface area contributed by atoms with Gasteiger partial charge < -0.3 is 5.32 Å². The standard InChI is InChI=1S/C14H21N3S/c1-10-9-17-12(11(2)16-13(17)18-10)8-15-14(3)6-4-5-7-14/h9,15H,4-8H2,1-3H3. The van der Waals surface area contributed by atoms with E-state index < -0.39 is 0 Å². The van der Waals surface area contributed by atoms with Crippen molar-refractivity contribution in [3.63, 3.8) is 0 Å². The molecule has 0 bridgehead atoms. The third kappa shape index (κ3) is 2.08. The van der Waals surface area contributed by atoms with Gasteiger partial charge >= 0.3 is 0 Å². The Labute approximate surface area is 112 Å². The Morgan fingerprint density at radius 1 is 1.39 bits per heavy atom. The van der Waals surface area contributed by atoms with Gasteiger partial charge in [0.2, 0.25) is 0 Å². The van der Waals surface area contributed by atoms with E-state index in [1.807, 2.05) is 0 Å². The van der Waals surface area contributed by atoms with Crippen molar-refractivity contribution < 1.29 is 0 Å². The van der Waals surface area contributed by atoms with E-state index in [0.29, 0.717) is 5.54 Å². The molecule has 0 amide bonds. The molecule has 3 rings (SSSR count). The molecule has 0 atom stereocenters. The molecule has 0 spiro atoms. The van der Waals surface area contributed by atoms with Crippen LogP contribution >= 0.6 is 11.3 Å². The van der Waals surface area contributed by atoms with Gasteiger partial charge in [-0.3, -0.25) is 4.40 Å². The highest BCUT2D eigenvalue weighted by molar-refractivity contribution is 7.17. The third-order valence-electron chi connectivity index (χ3n) is 4.13. The molecule has 0 saturated heterocycles. The lowest BCUT2D eigenvalue weighted by atomic mass is 10.0. The van der Waals surface area contributed by atoms with Gasteiger partial charge in [0.15, 0.2) is 4.96 Å². The molecule has 2 aromatic heterocycles. The van der Waals surface area contributed by atoms with Gasteiger partial charge in [-0.15, -0.1) is 11.3 Å². The van der Waals surface area contributed by atoms with Gasteiger partial charge in [0.25, 0.3) is 0 Å². The summed E-state index contributed by atoms with van der Waals surface area (Å²) in [5.74, 6) is 0. The van der Waals surface area contributed by atoms with Crippen molar-refractivity contribution in [2.45, 2.75) is 58.5 Å². The molecule has 0 aliphatic heterocycles. The SMILES string of the molecule is Cc1cn2c(CNC3(C)CCCC3)c(C)nc2s1. The molecule has 2 aromatic rings. The second kappa shape index (κ2) is 4.35. The smallest absolute Gasteiger partial charge is 0.194 e. The molecule has 1 saturated carbocycles. The summed E-state index contributed by atoms with van der Waals surface area (Å²) < 4.78 is 2.25. The maximum absolute atomic E-state index is 4.64. The van der Waals surface area contributed by atoms with Crippen LogP contribution in [0.4, 0.5) is 0 Å². The highest BCUT2D eigenvalue weighted by atomic mass is 32.1. The lowest BCUT2D eigenvalue weighted by molar-refractivity contribution is 0.360. The van der Waals surface area contributed by atoms with Crippen molar-refractivity contribution in [3.05, 3.63) is 22.5 Å². The minimum absolute atomic E-state index is 0.335. The summed E-state index contributed by atoms with van der Waals surface area (Å²) >= 11 is 1.77. The summed E-state index contributed by atoms with van der Waals surface area (Å²) in [6.07, 6.45) is 7.53. The van der Waals surface area contributed by atoms with Gasteiger partial charge in [0.05, 0.1) is 11.4 Å². The van der Waals surface area contributed by atoms with Gasteiger partial charge in [-0.2, -0.15) is 0 Å². The molecule has 0 unspecified atom stereocenters. The van der Waals surface area contributed by atoms with Crippen LogP contribution in [0.1, 0.15) is 48.9 Å². The molecule has 1 aliphatic rings. The van der Waals surface area contributed by atoms with E-state index in [-0.39, 0.29) is 0 Å². The van der Waals surface area contributed by atoms with Gasteiger partial charge in [-0.05, 0) is 33.6 Å². The molecule has 1 fully saturated rings. The Bertz CT molecular complexity index is 561. The maximum atomic E-state index is 4.64. The fourth-order valence-electron chi connectivity index (χ4n) is 2.95. The Hall–Kier alpha value is -0.870. The second-order valence-electron chi connectivity index (χ2n) is 5.76. The van der Waals surface area contributed by atoms with Crippen molar-refractivity contribution in [2.24, 2.45) is 0 Å². The molecule has 1 N–H and O–H groups in total. The lowest BCUT2D eigenvalue weighted by Gasteiger charge is -2.25. The minimum Gasteiger partial charge on any atom is -0.306 e. The Kier molecular flexibility index (Phi) is 2.94. The van der Waals surface area contributed by atoms with E-state index >= 15 is 0 Å². The first-order chi connectivity index (χ1) is 8.57. The number of aromatic nitrogens is 2. The van der Waals surface area contributed by atoms with E-state index in [1.165, 1.54) is 36.3 Å². The first kappa shape index (κ1) is 12.2. The maximum Gasteiger partial charge on any atom is 0.194 e. The lowest BCUT2D eigenvalue weighted by Crippen LogP contribution is -2.39. The summed E-state index contributed by atoms with van der Waals surface area (Å²) in [5, 5.41) is 3.75. The van der Waals surface area contributed by atoms with Crippen molar-refractivity contribution >= 4 is 16.3 Å². The fourth-order valence-corrected chi connectivity index (χ4v) is 3.84. The average molecular weight is 263 g/mol. The van der Waals surface area contributed by atoms with E-state index in [4.69, 9.17) is 0 Å². The number of rotatable bonds is 3. The third-order valence-corrected chi connectivity index (χ3v) is 5.03. The summed E-state index contributed by atoms with van der Waals surface area (Å²) in [6.45, 7) is 7.54. The summed E-state index contributed by atoms with van der Waals surface area (Å²) in [7, 11) is 0. The number of nitrogens with zero attached hydrogens (tertiary/aromatic N) is 2. The zero-order chi connectivity index (χ0) is 12.8. The van der Waals surface area contributed by atoms with E-state index in [2.05, 4.69) is 41.7 Å². The highest BCUT2D eigenvalue weighted by Gasteiger charge is 2.28. The number of hydrogen-bond acceptors (Lipinski definition) is 3. The molecule has 0 aromatic carbocycles. The second-order valence-corrected chi connectivity index (χ2v) is 6.97. The van der Waals surface area contributed by atoms with Crippen molar-refractivity contribution in [1.29, 1.82) is 0 Å². The molecule has 1 aliphatic carbocycles. The number of imidazole rings is 1. The molecule has 18 heavy (non-hydrogen) atoms. The molecular formula is C14H21N3S. The van der Waals surface area contributed by atoms with Gasteiger partial charge in [0, 0.05) is 23.2 Å². The van der Waals surface area contributed by atoms with Crippen LogP contribution in [-0.4, -0.2) is 14.9 Å². The van der Waals surface area contributed by atoms with E-state index in [1.54, 1.807) is 11.3 Å². The van der Waals surface area contributed by atoms with Crippen LogP contribution in [0, 0.1) is 13.8 Å². The Morgan fingerprint density at radius 3 is 2.83 bits per heavy atom. The topological polar surface area (TPSA) is 29.3 Å². The molecular weight excluding hydrogens is 242 g/mol.